The van der Waals surface area contributed by atoms with E-state index in [1.165, 1.54) is 12.1 Å². The van der Waals surface area contributed by atoms with E-state index in [2.05, 4.69) is 20.6 Å². The molecule has 2 heterocycles. The maximum Gasteiger partial charge on any atom is 0.276 e. The fourth-order valence-electron chi connectivity index (χ4n) is 1.65. The molecule has 0 radical (unpaired) electrons. The van der Waals surface area contributed by atoms with E-state index in [0.29, 0.717) is 24.7 Å². The smallest absolute Gasteiger partial charge is 0.276 e. The quantitative estimate of drug-likeness (QED) is 0.628. The lowest BCUT2D eigenvalue weighted by Crippen LogP contribution is -2.06. The van der Waals surface area contributed by atoms with E-state index in [4.69, 9.17) is 0 Å². The highest BCUT2D eigenvalue weighted by Gasteiger charge is 2.11. The normalized spacial score (nSPS) is 10.3. The predicted molar refractivity (Wildman–Crippen MR) is 79.2 cm³/mol. The van der Waals surface area contributed by atoms with Crippen molar-refractivity contribution in [1.82, 2.24) is 9.97 Å². The lowest BCUT2D eigenvalue weighted by atomic mass is 10.3. The third-order valence-corrected chi connectivity index (χ3v) is 3.32. The summed E-state index contributed by atoms with van der Waals surface area (Å²) in [5.74, 6) is 0.944. The number of aromatic nitrogens is 2. The van der Waals surface area contributed by atoms with Crippen LogP contribution in [0.15, 0.2) is 17.5 Å². The number of nitro groups is 1. The molecule has 0 aromatic carbocycles. The Morgan fingerprint density at radius 3 is 2.55 bits per heavy atom. The summed E-state index contributed by atoms with van der Waals surface area (Å²) in [4.78, 5) is 19.1. The number of rotatable bonds is 6. The molecular formula is C12H15N5O2S. The van der Waals surface area contributed by atoms with Crippen LogP contribution in [-0.4, -0.2) is 21.4 Å². The Morgan fingerprint density at radius 1 is 1.30 bits per heavy atom. The second-order valence-corrected chi connectivity index (χ2v) is 5.16. The maximum atomic E-state index is 10.9. The zero-order valence-corrected chi connectivity index (χ0v) is 12.0. The van der Waals surface area contributed by atoms with Crippen molar-refractivity contribution in [2.45, 2.75) is 20.4 Å². The van der Waals surface area contributed by atoms with Crippen molar-refractivity contribution in [3.63, 3.8) is 0 Å². The molecule has 2 aromatic heterocycles. The molecule has 0 bridgehead atoms. The van der Waals surface area contributed by atoms with E-state index in [0.717, 1.165) is 10.7 Å². The minimum Gasteiger partial charge on any atom is -0.370 e. The average molecular weight is 293 g/mol. The van der Waals surface area contributed by atoms with Crippen LogP contribution >= 0.6 is 11.3 Å². The predicted octanol–water partition coefficient (Wildman–Crippen LogP) is 2.80. The van der Waals surface area contributed by atoms with Gasteiger partial charge in [0.1, 0.15) is 11.6 Å². The number of anilines is 2. The molecule has 0 fully saturated rings. The first-order valence-corrected chi connectivity index (χ1v) is 7.01. The first-order chi connectivity index (χ1) is 9.58. The van der Waals surface area contributed by atoms with Crippen LogP contribution in [0.2, 0.25) is 0 Å². The van der Waals surface area contributed by atoms with Gasteiger partial charge in [-0.1, -0.05) is 0 Å². The molecule has 106 valence electrons. The Kier molecular flexibility index (Phi) is 4.46. The Hall–Kier alpha value is -2.22. The third kappa shape index (κ3) is 3.64. The van der Waals surface area contributed by atoms with Crippen LogP contribution in [0.3, 0.4) is 0 Å². The van der Waals surface area contributed by atoms with E-state index in [1.807, 2.05) is 19.2 Å². The summed E-state index contributed by atoms with van der Waals surface area (Å²) in [6.45, 7) is 4.98. The first kappa shape index (κ1) is 14.2. The summed E-state index contributed by atoms with van der Waals surface area (Å²) in [7, 11) is 0. The fraction of sp³-hybridized carbons (Fsp3) is 0.333. The number of aryl methyl sites for hydroxylation is 1. The van der Waals surface area contributed by atoms with Gasteiger partial charge in [-0.15, -0.1) is 11.3 Å². The maximum absolute atomic E-state index is 10.9. The van der Waals surface area contributed by atoms with Gasteiger partial charge in [-0.3, -0.25) is 10.1 Å². The third-order valence-electron chi connectivity index (χ3n) is 2.50. The standard InChI is InChI=1S/C12H15N5O2S/c1-3-13-11-4-10(17(18)19)5-12(16-11)14-6-9-7-20-8(2)15-9/h4-5,7H,3,6H2,1-2H3,(H2,13,14,16). The molecule has 0 spiro atoms. The fourth-order valence-corrected chi connectivity index (χ4v) is 2.27. The zero-order chi connectivity index (χ0) is 14.5. The van der Waals surface area contributed by atoms with E-state index in [1.54, 1.807) is 11.3 Å². The molecule has 20 heavy (non-hydrogen) atoms. The first-order valence-electron chi connectivity index (χ1n) is 6.13. The van der Waals surface area contributed by atoms with E-state index in [9.17, 15) is 10.1 Å². The second-order valence-electron chi connectivity index (χ2n) is 4.09. The van der Waals surface area contributed by atoms with Crippen molar-refractivity contribution < 1.29 is 4.92 Å². The van der Waals surface area contributed by atoms with Gasteiger partial charge in [0.05, 0.1) is 34.3 Å². The van der Waals surface area contributed by atoms with Gasteiger partial charge in [0, 0.05) is 11.9 Å². The molecule has 2 rings (SSSR count). The number of hydrogen-bond donors (Lipinski definition) is 2. The van der Waals surface area contributed by atoms with Gasteiger partial charge in [-0.25, -0.2) is 9.97 Å². The van der Waals surface area contributed by atoms with Crippen molar-refractivity contribution in [2.75, 3.05) is 17.2 Å². The molecule has 0 unspecified atom stereocenters. The van der Waals surface area contributed by atoms with Crippen LogP contribution in [0, 0.1) is 17.0 Å². The molecular weight excluding hydrogens is 278 g/mol. The summed E-state index contributed by atoms with van der Waals surface area (Å²) >= 11 is 1.57. The molecule has 2 aromatic rings. The molecule has 7 nitrogen and oxygen atoms in total. The van der Waals surface area contributed by atoms with Crippen molar-refractivity contribution in [3.05, 3.63) is 38.3 Å². The topological polar surface area (TPSA) is 93.0 Å². The summed E-state index contributed by atoms with van der Waals surface area (Å²) in [5.41, 5.74) is 0.902. The Labute approximate surface area is 120 Å². The number of nitrogens with one attached hydrogen (secondary N) is 2. The van der Waals surface area contributed by atoms with Crippen LogP contribution in [-0.2, 0) is 6.54 Å². The monoisotopic (exact) mass is 293 g/mol. The van der Waals surface area contributed by atoms with Gasteiger partial charge < -0.3 is 10.6 Å². The van der Waals surface area contributed by atoms with Crippen LogP contribution in [0.1, 0.15) is 17.6 Å². The Balaban J connectivity index is 2.15. The number of thiazole rings is 1. The molecule has 0 amide bonds. The van der Waals surface area contributed by atoms with Crippen molar-refractivity contribution in [2.24, 2.45) is 0 Å². The van der Waals surface area contributed by atoms with Crippen molar-refractivity contribution >= 4 is 28.7 Å². The van der Waals surface area contributed by atoms with Crippen LogP contribution in [0.4, 0.5) is 17.3 Å². The SMILES string of the molecule is CCNc1cc([N+](=O)[O-])cc(NCc2csc(C)n2)n1. The van der Waals surface area contributed by atoms with E-state index < -0.39 is 4.92 Å². The zero-order valence-electron chi connectivity index (χ0n) is 11.2. The van der Waals surface area contributed by atoms with Crippen molar-refractivity contribution in [3.8, 4) is 0 Å². The number of hydrogen-bond acceptors (Lipinski definition) is 7. The van der Waals surface area contributed by atoms with Gasteiger partial charge in [0.2, 0.25) is 0 Å². The molecule has 0 saturated heterocycles. The van der Waals surface area contributed by atoms with Crippen LogP contribution in [0.25, 0.3) is 0 Å². The van der Waals surface area contributed by atoms with Gasteiger partial charge in [0.25, 0.3) is 5.69 Å². The highest BCUT2D eigenvalue weighted by molar-refractivity contribution is 7.09. The Morgan fingerprint density at radius 2 is 2.00 bits per heavy atom. The summed E-state index contributed by atoms with van der Waals surface area (Å²) in [6.07, 6.45) is 0. The Bertz CT molecular complexity index is 614. The van der Waals surface area contributed by atoms with Gasteiger partial charge in [-0.2, -0.15) is 0 Å². The van der Waals surface area contributed by atoms with Gasteiger partial charge in [0.15, 0.2) is 0 Å². The largest absolute Gasteiger partial charge is 0.370 e. The highest BCUT2D eigenvalue weighted by atomic mass is 32.1. The lowest BCUT2D eigenvalue weighted by Gasteiger charge is -2.07. The van der Waals surface area contributed by atoms with Gasteiger partial charge in [-0.05, 0) is 13.8 Å². The molecule has 0 aliphatic carbocycles. The van der Waals surface area contributed by atoms with Crippen molar-refractivity contribution in [1.29, 1.82) is 0 Å². The van der Waals surface area contributed by atoms with Crippen LogP contribution in [0.5, 0.6) is 0 Å². The minimum atomic E-state index is -0.430. The van der Waals surface area contributed by atoms with E-state index in [-0.39, 0.29) is 5.69 Å². The highest BCUT2D eigenvalue weighted by Crippen LogP contribution is 2.21. The molecule has 0 aliphatic heterocycles. The molecule has 0 aliphatic rings. The van der Waals surface area contributed by atoms with Crippen LogP contribution < -0.4 is 10.6 Å². The van der Waals surface area contributed by atoms with Gasteiger partial charge >= 0.3 is 0 Å². The molecule has 2 N–H and O–H groups in total. The molecule has 0 atom stereocenters. The molecule has 0 saturated carbocycles. The summed E-state index contributed by atoms with van der Waals surface area (Å²) in [5, 5.41) is 19.9. The number of nitrogens with zero attached hydrogens (tertiary/aromatic N) is 3. The minimum absolute atomic E-state index is 0.00732. The lowest BCUT2D eigenvalue weighted by molar-refractivity contribution is -0.384. The number of pyridine rings is 1. The van der Waals surface area contributed by atoms with E-state index >= 15 is 0 Å². The average Bonchev–Trinajstić information content (AvgIpc) is 2.82. The molecule has 8 heteroatoms. The summed E-state index contributed by atoms with van der Waals surface area (Å²) < 4.78 is 0. The second kappa shape index (κ2) is 6.29. The summed E-state index contributed by atoms with van der Waals surface area (Å²) in [6, 6.07) is 2.84.